The Morgan fingerprint density at radius 1 is 1.23 bits per heavy atom. The minimum atomic E-state index is -0.435. The van der Waals surface area contributed by atoms with E-state index in [-0.39, 0.29) is 0 Å². The standard InChI is InChI=1S/C19H26N2O/c1-3-6-15(11-13-20-2)9-10-19(22)17-12-14-21-18-8-5-4-7-16(17)18/h3-5,7-8,12,14-15,19-20,22H,1,6,9-11,13H2,2H3/t15?,19-/m1/s1. The van der Waals surface area contributed by atoms with Crippen molar-refractivity contribution in [2.45, 2.75) is 31.8 Å². The lowest BCUT2D eigenvalue weighted by Gasteiger charge is -2.18. The molecule has 22 heavy (non-hydrogen) atoms. The highest BCUT2D eigenvalue weighted by Gasteiger charge is 2.14. The molecule has 0 spiro atoms. The van der Waals surface area contributed by atoms with Crippen LogP contribution < -0.4 is 5.32 Å². The smallest absolute Gasteiger partial charge is 0.0797 e. The van der Waals surface area contributed by atoms with Gasteiger partial charge in [0.1, 0.15) is 0 Å². The number of hydrogen-bond acceptors (Lipinski definition) is 3. The number of nitrogens with zero attached hydrogens (tertiary/aromatic N) is 1. The summed E-state index contributed by atoms with van der Waals surface area (Å²) < 4.78 is 0. The first-order valence-corrected chi connectivity index (χ1v) is 8.03. The molecule has 2 rings (SSSR count). The summed E-state index contributed by atoms with van der Waals surface area (Å²) >= 11 is 0. The molecular formula is C19H26N2O. The normalized spacial score (nSPS) is 13.9. The van der Waals surface area contributed by atoms with Crippen LogP contribution in [0.2, 0.25) is 0 Å². The summed E-state index contributed by atoms with van der Waals surface area (Å²) in [4.78, 5) is 4.36. The van der Waals surface area contributed by atoms with E-state index in [0.717, 1.165) is 48.7 Å². The minimum absolute atomic E-state index is 0.435. The van der Waals surface area contributed by atoms with Gasteiger partial charge in [0.15, 0.2) is 0 Å². The molecule has 1 unspecified atom stereocenters. The minimum Gasteiger partial charge on any atom is -0.388 e. The zero-order chi connectivity index (χ0) is 15.8. The maximum absolute atomic E-state index is 10.6. The Morgan fingerprint density at radius 2 is 2.05 bits per heavy atom. The van der Waals surface area contributed by atoms with Gasteiger partial charge in [0.05, 0.1) is 11.6 Å². The maximum Gasteiger partial charge on any atom is 0.0797 e. The highest BCUT2D eigenvalue weighted by Crippen LogP contribution is 2.28. The molecule has 118 valence electrons. The summed E-state index contributed by atoms with van der Waals surface area (Å²) in [5, 5.41) is 14.8. The number of aromatic nitrogens is 1. The summed E-state index contributed by atoms with van der Waals surface area (Å²) in [6, 6.07) is 9.92. The van der Waals surface area contributed by atoms with Gasteiger partial charge in [0.2, 0.25) is 0 Å². The number of hydrogen-bond donors (Lipinski definition) is 2. The highest BCUT2D eigenvalue weighted by molar-refractivity contribution is 5.82. The van der Waals surface area contributed by atoms with Crippen molar-refractivity contribution >= 4 is 10.9 Å². The van der Waals surface area contributed by atoms with Gasteiger partial charge in [-0.15, -0.1) is 6.58 Å². The Morgan fingerprint density at radius 3 is 2.82 bits per heavy atom. The van der Waals surface area contributed by atoms with Gasteiger partial charge in [-0.25, -0.2) is 0 Å². The van der Waals surface area contributed by atoms with Crippen LogP contribution in [0.15, 0.2) is 49.2 Å². The number of fused-ring (bicyclic) bond motifs is 1. The summed E-state index contributed by atoms with van der Waals surface area (Å²) in [5.74, 6) is 0.577. The third kappa shape index (κ3) is 4.39. The van der Waals surface area contributed by atoms with Gasteiger partial charge < -0.3 is 10.4 Å². The molecule has 0 aliphatic heterocycles. The van der Waals surface area contributed by atoms with Crippen LogP contribution in [0.3, 0.4) is 0 Å². The molecule has 2 N–H and O–H groups in total. The van der Waals surface area contributed by atoms with E-state index in [2.05, 4.69) is 16.9 Å². The van der Waals surface area contributed by atoms with E-state index in [9.17, 15) is 5.11 Å². The van der Waals surface area contributed by atoms with Crippen LogP contribution in [0.5, 0.6) is 0 Å². The first-order valence-electron chi connectivity index (χ1n) is 8.03. The van der Waals surface area contributed by atoms with E-state index < -0.39 is 6.10 Å². The van der Waals surface area contributed by atoms with Crippen molar-refractivity contribution in [2.24, 2.45) is 5.92 Å². The van der Waals surface area contributed by atoms with Crippen LogP contribution in [-0.2, 0) is 0 Å². The van der Waals surface area contributed by atoms with E-state index in [1.807, 2.05) is 43.5 Å². The van der Waals surface area contributed by atoms with Gasteiger partial charge >= 0.3 is 0 Å². The molecule has 1 heterocycles. The monoisotopic (exact) mass is 298 g/mol. The first kappa shape index (κ1) is 16.7. The van der Waals surface area contributed by atoms with Crippen LogP contribution in [0.25, 0.3) is 10.9 Å². The third-order valence-corrected chi connectivity index (χ3v) is 4.19. The van der Waals surface area contributed by atoms with Crippen molar-refractivity contribution in [3.63, 3.8) is 0 Å². The Balaban J connectivity index is 2.03. The molecule has 0 saturated carbocycles. The fourth-order valence-electron chi connectivity index (χ4n) is 2.92. The van der Waals surface area contributed by atoms with Crippen molar-refractivity contribution in [3.8, 4) is 0 Å². The SMILES string of the molecule is C=CCC(CCNC)CC[C@@H](O)c1ccnc2ccccc12. The number of nitrogens with one attached hydrogen (secondary N) is 1. The fraction of sp³-hybridized carbons (Fsp3) is 0.421. The van der Waals surface area contributed by atoms with Gasteiger partial charge in [-0.1, -0.05) is 24.3 Å². The first-order chi connectivity index (χ1) is 10.8. The van der Waals surface area contributed by atoms with E-state index >= 15 is 0 Å². The largest absolute Gasteiger partial charge is 0.388 e. The Kier molecular flexibility index (Phi) is 6.56. The zero-order valence-electron chi connectivity index (χ0n) is 13.3. The second-order valence-electron chi connectivity index (χ2n) is 5.79. The van der Waals surface area contributed by atoms with Crippen LogP contribution in [-0.4, -0.2) is 23.7 Å². The highest BCUT2D eigenvalue weighted by atomic mass is 16.3. The van der Waals surface area contributed by atoms with E-state index in [1.54, 1.807) is 6.20 Å². The maximum atomic E-state index is 10.6. The predicted octanol–water partition coefficient (Wildman–Crippen LogP) is 3.85. The molecular weight excluding hydrogens is 272 g/mol. The van der Waals surface area contributed by atoms with E-state index in [1.165, 1.54) is 0 Å². The van der Waals surface area contributed by atoms with Crippen molar-refractivity contribution in [2.75, 3.05) is 13.6 Å². The van der Waals surface area contributed by atoms with Gasteiger partial charge in [-0.2, -0.15) is 0 Å². The van der Waals surface area contributed by atoms with Gasteiger partial charge in [0, 0.05) is 11.6 Å². The van der Waals surface area contributed by atoms with Crippen molar-refractivity contribution in [3.05, 3.63) is 54.7 Å². The Hall–Kier alpha value is -1.71. The van der Waals surface area contributed by atoms with Crippen molar-refractivity contribution in [1.82, 2.24) is 10.3 Å². The number of aliphatic hydroxyl groups excluding tert-OH is 1. The molecule has 3 nitrogen and oxygen atoms in total. The molecule has 1 aromatic heterocycles. The third-order valence-electron chi connectivity index (χ3n) is 4.19. The second kappa shape index (κ2) is 8.66. The molecule has 3 heteroatoms. The van der Waals surface area contributed by atoms with E-state index in [4.69, 9.17) is 0 Å². The molecule has 0 aliphatic rings. The molecule has 0 bridgehead atoms. The topological polar surface area (TPSA) is 45.1 Å². The van der Waals surface area contributed by atoms with Gasteiger partial charge in [-0.05, 0) is 62.9 Å². The fourth-order valence-corrected chi connectivity index (χ4v) is 2.92. The number of aliphatic hydroxyl groups is 1. The number of rotatable bonds is 9. The molecule has 1 aromatic carbocycles. The lowest BCUT2D eigenvalue weighted by atomic mass is 9.91. The molecule has 0 radical (unpaired) electrons. The van der Waals surface area contributed by atoms with Crippen molar-refractivity contribution in [1.29, 1.82) is 0 Å². The average molecular weight is 298 g/mol. The van der Waals surface area contributed by atoms with Crippen LogP contribution in [0, 0.1) is 5.92 Å². The molecule has 0 aliphatic carbocycles. The quantitative estimate of drug-likeness (QED) is 0.691. The average Bonchev–Trinajstić information content (AvgIpc) is 2.56. The molecule has 2 atom stereocenters. The molecule has 0 amide bonds. The van der Waals surface area contributed by atoms with E-state index in [0.29, 0.717) is 5.92 Å². The van der Waals surface area contributed by atoms with Crippen molar-refractivity contribution < 1.29 is 5.11 Å². The summed E-state index contributed by atoms with van der Waals surface area (Å²) in [6.45, 7) is 4.85. The Bertz CT molecular complexity index is 592. The van der Waals surface area contributed by atoms with Crippen LogP contribution in [0.1, 0.15) is 37.4 Å². The summed E-state index contributed by atoms with van der Waals surface area (Å²) in [7, 11) is 1.98. The predicted molar refractivity (Wildman–Crippen MR) is 92.8 cm³/mol. The molecule has 0 saturated heterocycles. The number of pyridine rings is 1. The molecule has 2 aromatic rings. The summed E-state index contributed by atoms with van der Waals surface area (Å²) in [6.07, 6.45) is 7.23. The Labute approximate surface area is 133 Å². The molecule has 0 fully saturated rings. The van der Waals surface area contributed by atoms with Crippen LogP contribution in [0.4, 0.5) is 0 Å². The number of para-hydroxylation sites is 1. The zero-order valence-corrected chi connectivity index (χ0v) is 13.3. The van der Waals surface area contributed by atoms with Crippen LogP contribution >= 0.6 is 0 Å². The lowest BCUT2D eigenvalue weighted by Crippen LogP contribution is -2.14. The van der Waals surface area contributed by atoms with Gasteiger partial charge in [-0.3, -0.25) is 4.98 Å². The van der Waals surface area contributed by atoms with Gasteiger partial charge in [0.25, 0.3) is 0 Å². The number of benzene rings is 1. The summed E-state index contributed by atoms with van der Waals surface area (Å²) in [5.41, 5.74) is 1.92. The lowest BCUT2D eigenvalue weighted by molar-refractivity contribution is 0.157. The second-order valence-corrected chi connectivity index (χ2v) is 5.79. The number of allylic oxidation sites excluding steroid dienone is 1.